The zero-order valence-corrected chi connectivity index (χ0v) is 14.3. The third-order valence-corrected chi connectivity index (χ3v) is 4.08. The van der Waals surface area contributed by atoms with Gasteiger partial charge in [0.15, 0.2) is 0 Å². The predicted octanol–water partition coefficient (Wildman–Crippen LogP) is 1.85. The first-order valence-corrected chi connectivity index (χ1v) is 7.42. The number of amides is 2. The fraction of sp³-hybridized carbons (Fsp3) is 0.800. The molecule has 0 aliphatic rings. The van der Waals surface area contributed by atoms with E-state index in [2.05, 4.69) is 0 Å². The van der Waals surface area contributed by atoms with Crippen molar-refractivity contribution >= 4 is 18.0 Å². The van der Waals surface area contributed by atoms with Gasteiger partial charge in [0.2, 0.25) is 0 Å². The highest BCUT2D eigenvalue weighted by Gasteiger charge is 2.58. The first-order chi connectivity index (χ1) is 9.96. The quantitative estimate of drug-likeness (QED) is 0.696. The van der Waals surface area contributed by atoms with Crippen LogP contribution < -0.4 is 5.73 Å². The van der Waals surface area contributed by atoms with E-state index in [1.807, 2.05) is 6.92 Å². The van der Waals surface area contributed by atoms with Gasteiger partial charge in [-0.15, -0.1) is 0 Å². The van der Waals surface area contributed by atoms with Crippen LogP contribution in [-0.2, 0) is 14.3 Å². The Morgan fingerprint density at radius 3 is 2.00 bits per heavy atom. The number of rotatable bonds is 7. The zero-order chi connectivity index (χ0) is 17.7. The smallest absolute Gasteiger partial charge is 0.330 e. The van der Waals surface area contributed by atoms with Crippen molar-refractivity contribution in [3.05, 3.63) is 0 Å². The van der Waals surface area contributed by atoms with Gasteiger partial charge in [-0.25, -0.2) is 9.59 Å². The van der Waals surface area contributed by atoms with Gasteiger partial charge in [-0.3, -0.25) is 9.69 Å². The molecule has 0 rings (SSSR count). The second kappa shape index (κ2) is 7.47. The summed E-state index contributed by atoms with van der Waals surface area (Å²) < 4.78 is 4.84. The molecule has 0 radical (unpaired) electrons. The van der Waals surface area contributed by atoms with Crippen LogP contribution in [0.15, 0.2) is 0 Å². The van der Waals surface area contributed by atoms with Crippen LogP contribution in [-0.4, -0.2) is 46.7 Å². The number of hydrogen-bond acceptors (Lipinski definition) is 4. The molecule has 0 heterocycles. The number of nitrogens with zero attached hydrogens (tertiary/aromatic N) is 1. The summed E-state index contributed by atoms with van der Waals surface area (Å²) in [6.07, 6.45) is 0.510. The Hall–Kier alpha value is -1.79. The molecule has 0 aliphatic carbocycles. The SMILES string of the molecule is CCOC(=O)CN(C(N)=O)[C@@](C(=O)O)([C@@H](C)CC)C(C)(C)C. The molecule has 0 bridgehead atoms. The van der Waals surface area contributed by atoms with Gasteiger partial charge in [0, 0.05) is 0 Å². The highest BCUT2D eigenvalue weighted by atomic mass is 16.5. The van der Waals surface area contributed by atoms with Crippen molar-refractivity contribution in [2.24, 2.45) is 17.1 Å². The van der Waals surface area contributed by atoms with Gasteiger partial charge in [-0.2, -0.15) is 0 Å². The Bertz CT molecular complexity index is 430. The van der Waals surface area contributed by atoms with Crippen LogP contribution in [0.1, 0.15) is 48.0 Å². The third-order valence-electron chi connectivity index (χ3n) is 4.08. The number of esters is 1. The molecule has 0 spiro atoms. The van der Waals surface area contributed by atoms with Gasteiger partial charge in [0.25, 0.3) is 0 Å². The lowest BCUT2D eigenvalue weighted by Gasteiger charge is -2.51. The molecule has 0 saturated heterocycles. The number of carboxylic acids is 1. The van der Waals surface area contributed by atoms with Crippen molar-refractivity contribution < 1.29 is 24.2 Å². The van der Waals surface area contributed by atoms with Crippen molar-refractivity contribution in [3.8, 4) is 0 Å². The molecule has 0 aromatic carbocycles. The standard InChI is InChI=1S/C15H28N2O5/c1-7-10(3)15(12(19)20,14(4,5)6)17(13(16)21)9-11(18)22-8-2/h10H,7-9H2,1-6H3,(H2,16,21)(H,19,20)/t10-,15+/m0/s1. The molecule has 0 aromatic rings. The normalized spacial score (nSPS) is 15.5. The number of primary amides is 1. The molecule has 2 amide bonds. The lowest BCUT2D eigenvalue weighted by atomic mass is 9.64. The van der Waals surface area contributed by atoms with Gasteiger partial charge in [0.05, 0.1) is 6.61 Å². The summed E-state index contributed by atoms with van der Waals surface area (Å²) in [5, 5.41) is 9.92. The maximum Gasteiger partial charge on any atom is 0.330 e. The molecule has 0 saturated carbocycles. The van der Waals surface area contributed by atoms with Crippen LogP contribution in [0, 0.1) is 11.3 Å². The highest BCUT2D eigenvalue weighted by molar-refractivity contribution is 5.89. The molecular formula is C15H28N2O5. The van der Waals surface area contributed by atoms with Crippen LogP contribution in [0.5, 0.6) is 0 Å². The summed E-state index contributed by atoms with van der Waals surface area (Å²) in [6, 6.07) is -0.953. The lowest BCUT2D eigenvalue weighted by Crippen LogP contribution is -2.69. The van der Waals surface area contributed by atoms with Crippen LogP contribution in [0.25, 0.3) is 0 Å². The van der Waals surface area contributed by atoms with E-state index < -0.39 is 41.4 Å². The molecule has 0 aromatic heterocycles. The summed E-state index contributed by atoms with van der Waals surface area (Å²) in [6.45, 7) is 10.0. The average Bonchev–Trinajstić information content (AvgIpc) is 2.35. The molecule has 128 valence electrons. The Kier molecular flexibility index (Phi) is 6.86. The largest absolute Gasteiger partial charge is 0.479 e. The minimum atomic E-state index is -1.61. The van der Waals surface area contributed by atoms with Crippen LogP contribution in [0.3, 0.4) is 0 Å². The maximum atomic E-state index is 12.2. The molecular weight excluding hydrogens is 288 g/mol. The van der Waals surface area contributed by atoms with E-state index >= 15 is 0 Å². The van der Waals surface area contributed by atoms with Crippen molar-refractivity contribution in [1.82, 2.24) is 4.90 Å². The van der Waals surface area contributed by atoms with Gasteiger partial charge in [-0.05, 0) is 18.3 Å². The molecule has 7 heteroatoms. The first kappa shape index (κ1) is 20.2. The number of carboxylic acid groups (broad SMARTS) is 1. The summed E-state index contributed by atoms with van der Waals surface area (Å²) >= 11 is 0. The second-order valence-corrected chi connectivity index (χ2v) is 6.36. The summed E-state index contributed by atoms with van der Waals surface area (Å²) in [5.41, 5.74) is 2.96. The van der Waals surface area contributed by atoms with E-state index in [4.69, 9.17) is 10.5 Å². The van der Waals surface area contributed by atoms with Gasteiger partial charge >= 0.3 is 18.0 Å². The number of nitrogens with two attached hydrogens (primary N) is 1. The predicted molar refractivity (Wildman–Crippen MR) is 82.2 cm³/mol. The lowest BCUT2D eigenvalue weighted by molar-refractivity contribution is -0.166. The summed E-state index contributed by atoms with van der Waals surface area (Å²) in [5.74, 6) is -2.27. The molecule has 7 nitrogen and oxygen atoms in total. The van der Waals surface area contributed by atoms with Crippen LogP contribution in [0.4, 0.5) is 4.79 Å². The fourth-order valence-corrected chi connectivity index (χ4v) is 3.06. The van der Waals surface area contributed by atoms with Crippen LogP contribution in [0.2, 0.25) is 0 Å². The molecule has 0 aliphatic heterocycles. The van der Waals surface area contributed by atoms with E-state index in [-0.39, 0.29) is 6.61 Å². The second-order valence-electron chi connectivity index (χ2n) is 6.36. The van der Waals surface area contributed by atoms with Crippen molar-refractivity contribution in [2.45, 2.75) is 53.5 Å². The monoisotopic (exact) mass is 316 g/mol. The molecule has 22 heavy (non-hydrogen) atoms. The first-order valence-electron chi connectivity index (χ1n) is 7.42. The van der Waals surface area contributed by atoms with Gasteiger partial charge in [0.1, 0.15) is 12.1 Å². The van der Waals surface area contributed by atoms with E-state index in [0.29, 0.717) is 6.42 Å². The van der Waals surface area contributed by atoms with E-state index in [1.165, 1.54) is 0 Å². The topological polar surface area (TPSA) is 110 Å². The third kappa shape index (κ3) is 3.69. The van der Waals surface area contributed by atoms with E-state index in [0.717, 1.165) is 4.90 Å². The Morgan fingerprint density at radius 2 is 1.73 bits per heavy atom. The molecule has 3 N–H and O–H groups in total. The minimum Gasteiger partial charge on any atom is -0.479 e. The van der Waals surface area contributed by atoms with Crippen molar-refractivity contribution in [2.75, 3.05) is 13.2 Å². The number of hydrogen-bond donors (Lipinski definition) is 2. The summed E-state index contributed by atoms with van der Waals surface area (Å²) in [4.78, 5) is 36.8. The number of carbonyl (C=O) groups is 3. The molecule has 0 unspecified atom stereocenters. The molecule has 0 fully saturated rings. The molecule has 2 atom stereocenters. The Morgan fingerprint density at radius 1 is 1.23 bits per heavy atom. The van der Waals surface area contributed by atoms with Gasteiger partial charge in [-0.1, -0.05) is 41.0 Å². The minimum absolute atomic E-state index is 0.143. The fourth-order valence-electron chi connectivity index (χ4n) is 3.06. The average molecular weight is 316 g/mol. The maximum absolute atomic E-state index is 12.2. The Labute approximate surface area is 131 Å². The Balaban J connectivity index is 6.13. The number of urea groups is 1. The number of carbonyl (C=O) groups excluding carboxylic acids is 2. The summed E-state index contributed by atoms with van der Waals surface area (Å²) in [7, 11) is 0. The highest BCUT2D eigenvalue weighted by Crippen LogP contribution is 2.43. The van der Waals surface area contributed by atoms with Crippen molar-refractivity contribution in [1.29, 1.82) is 0 Å². The van der Waals surface area contributed by atoms with Crippen LogP contribution >= 0.6 is 0 Å². The zero-order valence-electron chi connectivity index (χ0n) is 14.3. The van der Waals surface area contributed by atoms with E-state index in [1.54, 1.807) is 34.6 Å². The number of ether oxygens (including phenoxy) is 1. The van der Waals surface area contributed by atoms with Crippen molar-refractivity contribution in [3.63, 3.8) is 0 Å². The van der Waals surface area contributed by atoms with E-state index in [9.17, 15) is 19.5 Å². The van der Waals surface area contributed by atoms with Gasteiger partial charge < -0.3 is 15.6 Å². The number of aliphatic carboxylic acids is 1.